The zero-order valence-electron chi connectivity index (χ0n) is 23.5. The monoisotopic (exact) mass is 549 g/mol. The lowest BCUT2D eigenvalue weighted by Gasteiger charge is -2.27. The first-order valence-corrected chi connectivity index (χ1v) is 13.4. The van der Waals surface area contributed by atoms with Crippen LogP contribution < -0.4 is 21.3 Å². The number of rotatable bonds is 14. The van der Waals surface area contributed by atoms with E-state index in [9.17, 15) is 19.2 Å². The van der Waals surface area contributed by atoms with Crippen LogP contribution in [0.3, 0.4) is 0 Å². The summed E-state index contributed by atoms with van der Waals surface area (Å²) in [6, 6.07) is 17.3. The molecule has 0 spiro atoms. The van der Waals surface area contributed by atoms with E-state index in [1.807, 2.05) is 80.6 Å². The lowest BCUT2D eigenvalue weighted by atomic mass is 9.99. The van der Waals surface area contributed by atoms with Crippen molar-refractivity contribution >= 4 is 23.8 Å². The fraction of sp³-hybridized carbons (Fsp3) is 0.433. The average molecular weight is 550 g/mol. The Bertz CT molecular complexity index is 1150. The van der Waals surface area contributed by atoms with Gasteiger partial charge < -0.3 is 26.0 Å². The van der Waals surface area contributed by atoms with Gasteiger partial charge in [-0.15, -0.1) is 0 Å². The molecule has 0 fully saturated rings. The number of nitrogens with one attached hydrogen (secondary N) is 4. The van der Waals surface area contributed by atoms with Crippen molar-refractivity contribution < 1.29 is 23.9 Å². The average Bonchev–Trinajstić information content (AvgIpc) is 2.93. The number of hydrogen-bond donors (Lipinski definition) is 4. The van der Waals surface area contributed by atoms with Crippen LogP contribution in [0.4, 0.5) is 4.79 Å². The van der Waals surface area contributed by atoms with Gasteiger partial charge in [-0.1, -0.05) is 88.4 Å². The molecule has 0 aliphatic heterocycles. The number of amides is 4. The van der Waals surface area contributed by atoms with E-state index in [0.717, 1.165) is 11.1 Å². The summed E-state index contributed by atoms with van der Waals surface area (Å²) < 4.78 is 5.27. The molecule has 0 aromatic heterocycles. The van der Waals surface area contributed by atoms with Crippen LogP contribution in [0.2, 0.25) is 0 Å². The van der Waals surface area contributed by atoms with Crippen LogP contribution >= 0.6 is 0 Å². The highest BCUT2D eigenvalue weighted by molar-refractivity contribution is 5.94. The second kappa shape index (κ2) is 16.5. The number of carbonyl (C=O) groups excluding carboxylic acids is 4. The molecule has 214 valence electrons. The Labute approximate surface area is 235 Å². The van der Waals surface area contributed by atoms with Gasteiger partial charge in [-0.25, -0.2) is 4.79 Å². The molecule has 2 aromatic carbocycles. The maximum absolute atomic E-state index is 13.4. The lowest BCUT2D eigenvalue weighted by molar-refractivity contribution is -0.133. The maximum atomic E-state index is 13.4. The second-order valence-electron chi connectivity index (χ2n) is 10.2. The Hall–Kier alpha value is -4.39. The number of alkyl carbamates (subject to hydrolysis) is 1. The van der Waals surface area contributed by atoms with E-state index in [-0.39, 0.29) is 31.4 Å². The quantitative estimate of drug-likeness (QED) is 0.266. The summed E-state index contributed by atoms with van der Waals surface area (Å²) >= 11 is 0. The van der Waals surface area contributed by atoms with Crippen molar-refractivity contribution in [3.63, 3.8) is 0 Å². The fourth-order valence-electron chi connectivity index (χ4n) is 3.97. The summed E-state index contributed by atoms with van der Waals surface area (Å²) in [5.41, 5.74) is 1.63. The largest absolute Gasteiger partial charge is 0.445 e. The molecule has 10 heteroatoms. The molecule has 0 saturated heterocycles. The fourth-order valence-corrected chi connectivity index (χ4v) is 3.97. The van der Waals surface area contributed by atoms with Gasteiger partial charge >= 0.3 is 6.09 Å². The van der Waals surface area contributed by atoms with Gasteiger partial charge in [-0.05, 0) is 29.4 Å². The van der Waals surface area contributed by atoms with E-state index in [4.69, 9.17) is 10.00 Å². The van der Waals surface area contributed by atoms with Gasteiger partial charge in [0.15, 0.2) is 0 Å². The van der Waals surface area contributed by atoms with Crippen LogP contribution in [-0.2, 0) is 32.1 Å². The van der Waals surface area contributed by atoms with E-state index in [1.165, 1.54) is 0 Å². The van der Waals surface area contributed by atoms with Gasteiger partial charge in [0, 0.05) is 6.42 Å². The van der Waals surface area contributed by atoms with E-state index >= 15 is 0 Å². The first-order chi connectivity index (χ1) is 19.1. The van der Waals surface area contributed by atoms with Gasteiger partial charge in [-0.2, -0.15) is 5.26 Å². The third kappa shape index (κ3) is 11.2. The summed E-state index contributed by atoms with van der Waals surface area (Å²) in [5, 5.41) is 19.5. The molecule has 3 unspecified atom stereocenters. The van der Waals surface area contributed by atoms with Gasteiger partial charge in [-0.3, -0.25) is 14.4 Å². The second-order valence-corrected chi connectivity index (χ2v) is 10.2. The van der Waals surface area contributed by atoms with Crippen LogP contribution in [0, 0.1) is 23.2 Å². The summed E-state index contributed by atoms with van der Waals surface area (Å²) in [6.07, 6.45) is -0.242. The molecule has 0 bridgehead atoms. The van der Waals surface area contributed by atoms with E-state index in [1.54, 1.807) is 13.8 Å². The van der Waals surface area contributed by atoms with Gasteiger partial charge in [0.1, 0.15) is 31.3 Å². The molecule has 4 N–H and O–H groups in total. The molecular weight excluding hydrogens is 510 g/mol. The van der Waals surface area contributed by atoms with Crippen molar-refractivity contribution in [2.24, 2.45) is 11.8 Å². The molecule has 40 heavy (non-hydrogen) atoms. The number of carbonyl (C=O) groups is 4. The molecule has 0 heterocycles. The van der Waals surface area contributed by atoms with Crippen molar-refractivity contribution in [1.29, 1.82) is 5.26 Å². The van der Waals surface area contributed by atoms with Crippen LogP contribution in [0.15, 0.2) is 60.7 Å². The van der Waals surface area contributed by atoms with Crippen LogP contribution in [0.25, 0.3) is 0 Å². The first-order valence-electron chi connectivity index (χ1n) is 13.4. The number of nitrogens with zero attached hydrogens (tertiary/aromatic N) is 1. The molecule has 4 amide bonds. The minimum absolute atomic E-state index is 0.0392. The zero-order valence-corrected chi connectivity index (χ0v) is 23.5. The van der Waals surface area contributed by atoms with Crippen molar-refractivity contribution in [1.82, 2.24) is 21.3 Å². The summed E-state index contributed by atoms with van der Waals surface area (Å²) in [6.45, 7) is 7.21. The normalized spacial score (nSPS) is 12.9. The van der Waals surface area contributed by atoms with E-state index < -0.39 is 41.9 Å². The minimum atomic E-state index is -0.960. The van der Waals surface area contributed by atoms with Crippen LogP contribution in [0.1, 0.15) is 45.2 Å². The summed E-state index contributed by atoms with van der Waals surface area (Å²) in [7, 11) is 0. The molecule has 0 aliphatic rings. The molecule has 0 saturated carbocycles. The maximum Gasteiger partial charge on any atom is 0.408 e. The van der Waals surface area contributed by atoms with Crippen molar-refractivity contribution in [2.75, 3.05) is 6.54 Å². The molecule has 10 nitrogen and oxygen atoms in total. The van der Waals surface area contributed by atoms with E-state index in [2.05, 4.69) is 21.3 Å². The third-order valence-electron chi connectivity index (χ3n) is 6.03. The highest BCUT2D eigenvalue weighted by atomic mass is 16.5. The number of benzene rings is 2. The van der Waals surface area contributed by atoms with Gasteiger partial charge in [0.2, 0.25) is 17.7 Å². The smallest absolute Gasteiger partial charge is 0.408 e. The van der Waals surface area contributed by atoms with Crippen molar-refractivity contribution in [3.05, 3.63) is 71.8 Å². The Morgan fingerprint density at radius 2 is 1.35 bits per heavy atom. The predicted molar refractivity (Wildman–Crippen MR) is 150 cm³/mol. The Kier molecular flexibility index (Phi) is 13.2. The molecule has 2 aromatic rings. The van der Waals surface area contributed by atoms with Crippen molar-refractivity contribution in [2.45, 2.75) is 65.3 Å². The highest BCUT2D eigenvalue weighted by Crippen LogP contribution is 2.10. The topological polar surface area (TPSA) is 149 Å². The lowest BCUT2D eigenvalue weighted by Crippen LogP contribution is -2.58. The summed E-state index contributed by atoms with van der Waals surface area (Å²) in [4.78, 5) is 51.9. The molecule has 3 atom stereocenters. The first kappa shape index (κ1) is 31.8. The van der Waals surface area contributed by atoms with Crippen molar-refractivity contribution in [3.8, 4) is 6.07 Å². The standard InChI is InChI=1S/C30H39N5O5/c1-20(2)17-24(28(37)33-25(27(36)32-16-15-31)18-22-11-7-5-8-12-22)34-29(38)26(21(3)4)35-30(39)40-19-23-13-9-6-10-14-23/h5-14,20-21,24-26H,16-19H2,1-4H3,(H,32,36)(H,33,37)(H,34,38)(H,35,39). The SMILES string of the molecule is CC(C)CC(NC(=O)C(NC(=O)OCc1ccccc1)C(C)C)C(=O)NC(Cc1ccccc1)C(=O)NCC#N. The molecule has 2 rings (SSSR count). The van der Waals surface area contributed by atoms with Gasteiger partial charge in [0.25, 0.3) is 0 Å². The van der Waals surface area contributed by atoms with Crippen LogP contribution in [0.5, 0.6) is 0 Å². The van der Waals surface area contributed by atoms with Gasteiger partial charge in [0.05, 0.1) is 6.07 Å². The molecular formula is C30H39N5O5. The highest BCUT2D eigenvalue weighted by Gasteiger charge is 2.31. The third-order valence-corrected chi connectivity index (χ3v) is 6.03. The molecule has 0 aliphatic carbocycles. The predicted octanol–water partition coefficient (Wildman–Crippen LogP) is 2.84. The Morgan fingerprint density at radius 1 is 0.775 bits per heavy atom. The number of nitriles is 1. The Balaban J connectivity index is 2.11. The van der Waals surface area contributed by atoms with Crippen LogP contribution in [-0.4, -0.2) is 48.5 Å². The zero-order chi connectivity index (χ0) is 29.5. The summed E-state index contributed by atoms with van der Waals surface area (Å²) in [5.74, 6) is -1.84. The Morgan fingerprint density at radius 3 is 1.90 bits per heavy atom. The van der Waals surface area contributed by atoms with E-state index in [0.29, 0.717) is 6.42 Å². The minimum Gasteiger partial charge on any atom is -0.445 e. The number of hydrogen-bond acceptors (Lipinski definition) is 6. The molecule has 0 radical (unpaired) electrons. The number of ether oxygens (including phenoxy) is 1.